The molecule has 0 saturated heterocycles. The van der Waals surface area contributed by atoms with E-state index in [2.05, 4.69) is 37.9 Å². The van der Waals surface area contributed by atoms with Crippen molar-refractivity contribution in [2.75, 3.05) is 12.8 Å². The van der Waals surface area contributed by atoms with Gasteiger partial charge in [0.2, 0.25) is 0 Å². The summed E-state index contributed by atoms with van der Waals surface area (Å²) in [4.78, 5) is 37.1. The molecule has 0 aliphatic heterocycles. The van der Waals surface area contributed by atoms with Crippen molar-refractivity contribution in [2.24, 2.45) is 80.8 Å². The molecule has 8 fully saturated rings. The first-order chi connectivity index (χ1) is 30.2. The van der Waals surface area contributed by atoms with Crippen LogP contribution in [0, 0.1) is 98.4 Å². The molecule has 2 aromatic heterocycles. The molecule has 0 radical (unpaired) electrons. The summed E-state index contributed by atoms with van der Waals surface area (Å²) in [5, 5.41) is 47.6. The van der Waals surface area contributed by atoms with E-state index < -0.39 is 16.1 Å². The number of nitrogen functional groups attached to an aromatic ring is 1. The van der Waals surface area contributed by atoms with Crippen molar-refractivity contribution in [2.45, 2.75) is 181 Å². The number of hydrogen-bond donors (Lipinski definition) is 4. The maximum Gasteiger partial charge on any atom is 0.307 e. The quantitative estimate of drug-likeness (QED) is 0.0897. The first-order valence-electron chi connectivity index (χ1n) is 25.1. The number of aromatic nitrogens is 4. The zero-order valence-electron chi connectivity index (χ0n) is 41.3. The van der Waals surface area contributed by atoms with Gasteiger partial charge in [0.15, 0.2) is 11.6 Å². The van der Waals surface area contributed by atoms with Gasteiger partial charge in [-0.2, -0.15) is 10.2 Å². The minimum Gasteiger partial charge on any atom is -0.400 e. The second-order valence-corrected chi connectivity index (χ2v) is 24.1. The Morgan fingerprint density at radius 1 is 0.636 bits per heavy atom. The number of nitrogens with two attached hydrogens (primary N) is 1. The Hall–Kier alpha value is -2.50. The number of ketones is 2. The van der Waals surface area contributed by atoms with Crippen LogP contribution < -0.4 is 5.73 Å². The van der Waals surface area contributed by atoms with Gasteiger partial charge in [0, 0.05) is 45.6 Å². The van der Waals surface area contributed by atoms with E-state index in [1.54, 1.807) is 17.1 Å². The molecule has 13 nitrogen and oxygen atoms in total. The topological polar surface area (TPSA) is 200 Å². The third-order valence-corrected chi connectivity index (χ3v) is 20.8. The smallest absolute Gasteiger partial charge is 0.307 e. The van der Waals surface area contributed by atoms with Gasteiger partial charge in [-0.3, -0.25) is 29.1 Å². The Bertz CT molecular complexity index is 2050. The molecule has 0 bridgehead atoms. The van der Waals surface area contributed by atoms with Crippen molar-refractivity contribution in [3.05, 3.63) is 42.3 Å². The van der Waals surface area contributed by atoms with E-state index in [4.69, 9.17) is 10.8 Å². The number of anilines is 1. The van der Waals surface area contributed by atoms with Crippen LogP contribution >= 0.6 is 0 Å². The van der Waals surface area contributed by atoms with Crippen LogP contribution in [0.1, 0.15) is 157 Å². The third kappa shape index (κ3) is 9.31. The fraction of sp³-hybridized carbons (Fsp3) is 0.827. The molecule has 0 aromatic carbocycles. The Morgan fingerprint density at radius 3 is 1.44 bits per heavy atom. The fourth-order valence-corrected chi connectivity index (χ4v) is 17.5. The second-order valence-electron chi connectivity index (χ2n) is 24.1. The molecule has 0 amide bonds. The van der Waals surface area contributed by atoms with Crippen molar-refractivity contribution >= 4 is 22.9 Å². The Balaban J connectivity index is 0.000000205. The molecule has 66 heavy (non-hydrogen) atoms. The number of rotatable bonds is 7. The summed E-state index contributed by atoms with van der Waals surface area (Å²) in [5.74, 6) is 6.16. The summed E-state index contributed by atoms with van der Waals surface area (Å²) in [6, 6.07) is 0. The predicted octanol–water partition coefficient (Wildman–Crippen LogP) is 9.27. The minimum absolute atomic E-state index is 0. The standard InChI is InChI=1S/C25H37N3O4.C25H39N3O2.CH4O.CH3.Pd/c1-23(30)10-11-24(2)16(12-23)4-5-18-19-6-7-21(25(19,3)9-8-20(18)24)22(29)15-27-14-17(13-26-27)28(31)32;1-23(30)10-11-24(2)16(12-23)4-5-18-19-6-7-21(25(19,3)9-8-20(18)24)22(29)15-28-14-17(26)13-27-28;1-2;;/h13-14,16,18-21,30H,4-12,15H2,1-3H3;13-14,16,18-21,30H,4-12,15,26H2,1-3H3;2H,1H3;1H3;/q;;;-1;/t2*16-,18+,19+,20+,21-,23-,24+,25+;;;/m11.../s1. The predicted molar refractivity (Wildman–Crippen MR) is 252 cm³/mol. The minimum atomic E-state index is -0.507. The van der Waals surface area contributed by atoms with E-state index in [9.17, 15) is 29.9 Å². The summed E-state index contributed by atoms with van der Waals surface area (Å²) >= 11 is 0. The average molecular weight is 1010 g/mol. The van der Waals surface area contributed by atoms with Crippen LogP contribution in [0.25, 0.3) is 0 Å². The fourth-order valence-electron chi connectivity index (χ4n) is 17.5. The van der Waals surface area contributed by atoms with Crippen molar-refractivity contribution in [3.8, 4) is 0 Å². The van der Waals surface area contributed by atoms with E-state index >= 15 is 0 Å². The normalized spacial score (nSPS) is 44.0. The number of fused-ring (bicyclic) bond motifs is 10. The molecule has 16 atom stereocenters. The van der Waals surface area contributed by atoms with E-state index in [1.807, 2.05) is 13.8 Å². The molecule has 2 aromatic rings. The zero-order valence-corrected chi connectivity index (χ0v) is 42.9. The van der Waals surface area contributed by atoms with Gasteiger partial charge in [-0.25, -0.2) is 0 Å². The number of Topliss-reactive ketones (excluding diaryl/α,β-unsaturated/α-hetero) is 2. The van der Waals surface area contributed by atoms with Crippen molar-refractivity contribution in [3.63, 3.8) is 0 Å². The van der Waals surface area contributed by atoms with E-state index in [0.29, 0.717) is 64.4 Å². The summed E-state index contributed by atoms with van der Waals surface area (Å²) in [6.07, 6.45) is 26.0. The molecule has 5 N–H and O–H groups in total. The van der Waals surface area contributed by atoms with Crippen LogP contribution in [-0.4, -0.2) is 69.7 Å². The number of carbonyl (C=O) groups excluding carboxylic acids is 2. The zero-order chi connectivity index (χ0) is 46.2. The number of carbonyl (C=O) groups is 2. The number of aliphatic hydroxyl groups excluding tert-OH is 1. The molecule has 374 valence electrons. The van der Waals surface area contributed by atoms with Crippen LogP contribution in [-0.2, 0) is 43.1 Å². The summed E-state index contributed by atoms with van der Waals surface area (Å²) < 4.78 is 3.14. The Labute approximate surface area is 408 Å². The van der Waals surface area contributed by atoms with E-state index in [-0.39, 0.29) is 68.5 Å². The van der Waals surface area contributed by atoms with Crippen LogP contribution in [0.5, 0.6) is 0 Å². The van der Waals surface area contributed by atoms with Crippen molar-refractivity contribution < 1.29 is 50.3 Å². The van der Waals surface area contributed by atoms with Gasteiger partial charge < -0.3 is 28.5 Å². The van der Waals surface area contributed by atoms with Crippen LogP contribution in [0.3, 0.4) is 0 Å². The Morgan fingerprint density at radius 2 is 1.05 bits per heavy atom. The van der Waals surface area contributed by atoms with Gasteiger partial charge in [-0.1, -0.05) is 27.7 Å². The monoisotopic (exact) mass is 1010 g/mol. The SMILES string of the molecule is CO.C[C@@]1(O)CC[C@@]2(C)[C@H](CC[C@@H]3[C@@H]2CC[C@]2(C)[C@@H](C(=O)Cn4cc(N)cn4)CC[C@@H]32)C1.C[C@@]1(O)CC[C@@]2(C)[C@H](CC[C@@H]3[C@@H]2CC[C@]2(C)[C@@H](C(=O)Cn4cc([N+](=O)[O-])cn4)CC[C@@H]32)C1.[CH3-].[Pd]. The first-order valence-corrected chi connectivity index (χ1v) is 25.1. The first kappa shape index (κ1) is 52.9. The number of hydrogen-bond acceptors (Lipinski definition) is 10. The second kappa shape index (κ2) is 19.4. The van der Waals surface area contributed by atoms with Gasteiger partial charge in [-0.15, -0.1) is 0 Å². The number of nitrogens with zero attached hydrogens (tertiary/aromatic N) is 5. The average Bonchev–Trinajstić information content (AvgIpc) is 4.04. The number of aliphatic hydroxyl groups is 3. The molecular weight excluding hydrogens is 927 g/mol. The van der Waals surface area contributed by atoms with Crippen molar-refractivity contribution in [1.29, 1.82) is 0 Å². The van der Waals surface area contributed by atoms with Gasteiger partial charge in [0.25, 0.3) is 0 Å². The molecule has 0 spiro atoms. The molecule has 8 aliphatic carbocycles. The maximum absolute atomic E-state index is 13.3. The molecule has 10 rings (SSSR count). The third-order valence-electron chi connectivity index (χ3n) is 20.8. The largest absolute Gasteiger partial charge is 0.400 e. The van der Waals surface area contributed by atoms with E-state index in [0.717, 1.165) is 76.7 Å². The van der Waals surface area contributed by atoms with E-state index in [1.165, 1.54) is 74.9 Å². The summed E-state index contributed by atoms with van der Waals surface area (Å²) in [6.45, 7) is 14.3. The van der Waals surface area contributed by atoms with Crippen LogP contribution in [0.2, 0.25) is 0 Å². The molecule has 14 heteroatoms. The van der Waals surface area contributed by atoms with Crippen LogP contribution in [0.4, 0.5) is 11.4 Å². The maximum atomic E-state index is 13.3. The molecule has 8 aliphatic rings. The van der Waals surface area contributed by atoms with Gasteiger partial charge in [-0.05, 0) is 198 Å². The molecular formula is C52H83N6O7Pd-. The molecule has 2 heterocycles. The summed E-state index contributed by atoms with van der Waals surface area (Å²) in [7, 11) is 1.00. The number of nitro groups is 1. The van der Waals surface area contributed by atoms with Gasteiger partial charge in [0.05, 0.1) is 34.6 Å². The van der Waals surface area contributed by atoms with Crippen LogP contribution in [0.15, 0.2) is 24.8 Å². The molecule has 8 saturated carbocycles. The van der Waals surface area contributed by atoms with Crippen molar-refractivity contribution in [1.82, 2.24) is 19.6 Å². The van der Waals surface area contributed by atoms with Gasteiger partial charge in [0.1, 0.15) is 18.9 Å². The summed E-state index contributed by atoms with van der Waals surface area (Å²) in [5.41, 5.74) is 6.23. The van der Waals surface area contributed by atoms with Gasteiger partial charge >= 0.3 is 5.69 Å². The Kier molecular flexibility index (Phi) is 15.5. The molecule has 0 unspecified atom stereocenters.